The number of aliphatic carboxylic acids is 1. The third-order valence-electron chi connectivity index (χ3n) is 5.56. The molecule has 0 spiro atoms. The van der Waals surface area contributed by atoms with Gasteiger partial charge in [0, 0.05) is 24.3 Å². The Morgan fingerprint density at radius 3 is 2.52 bits per heavy atom. The number of nitrogens with one attached hydrogen (secondary N) is 2. The number of carbonyl (C=O) groups is 1. The number of aromatic nitrogens is 2. The number of hydrogen-bond donors (Lipinski definition) is 3. The van der Waals surface area contributed by atoms with Gasteiger partial charge in [0.25, 0.3) is 5.56 Å². The summed E-state index contributed by atoms with van der Waals surface area (Å²) in [6.07, 6.45) is 2.88. The molecule has 9 heteroatoms. The Balaban J connectivity index is 1.43. The molecule has 166 valence electrons. The molecule has 4 rings (SSSR count). The molecule has 33 heavy (non-hydrogen) atoms. The second-order valence-corrected chi connectivity index (χ2v) is 7.68. The minimum absolute atomic E-state index is 0.0568. The van der Waals surface area contributed by atoms with Crippen LogP contribution in [-0.4, -0.2) is 40.3 Å². The van der Waals surface area contributed by atoms with Crippen LogP contribution in [0, 0.1) is 17.2 Å². The molecule has 0 unspecified atom stereocenters. The number of piperidine rings is 1. The number of carboxylic acids is 1. The highest BCUT2D eigenvalue weighted by Gasteiger charge is 2.24. The topological polar surface area (TPSA) is 134 Å². The van der Waals surface area contributed by atoms with Crippen LogP contribution in [0.5, 0.6) is 0 Å². The maximum Gasteiger partial charge on any atom is 0.306 e. The zero-order valence-corrected chi connectivity index (χ0v) is 17.7. The summed E-state index contributed by atoms with van der Waals surface area (Å²) in [5, 5.41) is 22.6. The largest absolute Gasteiger partial charge is 0.481 e. The highest BCUT2D eigenvalue weighted by molar-refractivity contribution is 5.81. The van der Waals surface area contributed by atoms with E-state index in [1.165, 1.54) is 0 Å². The average molecular weight is 442 g/mol. The van der Waals surface area contributed by atoms with Crippen molar-refractivity contribution in [3.63, 3.8) is 0 Å². The van der Waals surface area contributed by atoms with Gasteiger partial charge >= 0.3 is 5.97 Å². The predicted octanol–water partition coefficient (Wildman–Crippen LogP) is 3.06. The van der Waals surface area contributed by atoms with Crippen LogP contribution in [0.25, 0.3) is 11.3 Å². The van der Waals surface area contributed by atoms with Gasteiger partial charge < -0.3 is 10.0 Å². The van der Waals surface area contributed by atoms with Gasteiger partial charge in [-0.15, -0.1) is 0 Å². The van der Waals surface area contributed by atoms with Crippen molar-refractivity contribution in [1.82, 2.24) is 9.97 Å². The van der Waals surface area contributed by atoms with Crippen molar-refractivity contribution in [2.24, 2.45) is 11.0 Å². The Bertz CT molecular complexity index is 1250. The van der Waals surface area contributed by atoms with E-state index in [0.717, 1.165) is 11.3 Å². The van der Waals surface area contributed by atoms with E-state index in [1.54, 1.807) is 18.3 Å². The van der Waals surface area contributed by atoms with Crippen molar-refractivity contribution in [3.8, 4) is 17.3 Å². The molecule has 9 nitrogen and oxygen atoms in total. The first-order chi connectivity index (χ1) is 16.0. The molecule has 1 saturated heterocycles. The molecule has 0 atom stereocenters. The van der Waals surface area contributed by atoms with Gasteiger partial charge in [-0.3, -0.25) is 14.6 Å². The molecule has 1 aliphatic heterocycles. The molecule has 1 fully saturated rings. The molecular weight excluding hydrogens is 420 g/mol. The first-order valence-electron chi connectivity index (χ1n) is 10.5. The lowest BCUT2D eigenvalue weighted by molar-refractivity contribution is -0.142. The number of anilines is 2. The lowest BCUT2D eigenvalue weighted by Crippen LogP contribution is -2.36. The van der Waals surface area contributed by atoms with Gasteiger partial charge in [0.1, 0.15) is 11.6 Å². The van der Waals surface area contributed by atoms with Crippen LogP contribution in [0.4, 0.5) is 11.6 Å². The summed E-state index contributed by atoms with van der Waals surface area (Å²) in [6.45, 7) is 1.43. The summed E-state index contributed by atoms with van der Waals surface area (Å²) in [7, 11) is 0. The number of carboxylic acid groups (broad SMARTS) is 1. The summed E-state index contributed by atoms with van der Waals surface area (Å²) in [4.78, 5) is 32.5. The molecule has 0 saturated carbocycles. The van der Waals surface area contributed by atoms with E-state index in [2.05, 4.69) is 25.4 Å². The van der Waals surface area contributed by atoms with Gasteiger partial charge in [0.05, 0.1) is 17.8 Å². The Labute approximate surface area is 190 Å². The van der Waals surface area contributed by atoms with E-state index in [-0.39, 0.29) is 23.1 Å². The smallest absolute Gasteiger partial charge is 0.306 e. The van der Waals surface area contributed by atoms with Crippen LogP contribution >= 0.6 is 0 Å². The third-order valence-corrected chi connectivity index (χ3v) is 5.56. The van der Waals surface area contributed by atoms with Crippen molar-refractivity contribution >= 4 is 23.8 Å². The monoisotopic (exact) mass is 442 g/mol. The molecule has 2 aromatic carbocycles. The molecule has 0 bridgehead atoms. The highest BCUT2D eigenvalue weighted by atomic mass is 16.4. The molecule has 2 heterocycles. The fourth-order valence-corrected chi connectivity index (χ4v) is 3.76. The van der Waals surface area contributed by atoms with E-state index >= 15 is 0 Å². The van der Waals surface area contributed by atoms with Crippen LogP contribution in [0.1, 0.15) is 24.0 Å². The lowest BCUT2D eigenvalue weighted by atomic mass is 9.96. The van der Waals surface area contributed by atoms with Crippen LogP contribution in [0.3, 0.4) is 0 Å². The lowest BCUT2D eigenvalue weighted by Gasteiger charge is -2.31. The third kappa shape index (κ3) is 5.07. The number of benzene rings is 2. The fraction of sp³-hybridized carbons (Fsp3) is 0.208. The Kier molecular flexibility index (Phi) is 6.45. The standard InChI is InChI=1S/C24H22N6O3/c25-14-20-21(17-4-2-1-3-5-17)27-24(28-22(20)31)29-26-15-16-6-8-19(9-7-16)30-12-10-18(11-13-30)23(32)33/h1-9,15,18H,10-13H2,(H,32,33)(H2,27,28,29,31). The van der Waals surface area contributed by atoms with Gasteiger partial charge in [-0.2, -0.15) is 10.4 Å². The van der Waals surface area contributed by atoms with Crippen molar-refractivity contribution in [1.29, 1.82) is 5.26 Å². The molecule has 0 amide bonds. The highest BCUT2D eigenvalue weighted by Crippen LogP contribution is 2.24. The molecule has 0 radical (unpaired) electrons. The number of nitriles is 1. The van der Waals surface area contributed by atoms with Crippen molar-refractivity contribution in [3.05, 3.63) is 76.1 Å². The minimum atomic E-state index is -0.720. The van der Waals surface area contributed by atoms with Gasteiger partial charge in [0.2, 0.25) is 5.95 Å². The normalized spacial score (nSPS) is 14.2. The first-order valence-corrected chi connectivity index (χ1v) is 10.5. The van der Waals surface area contributed by atoms with Crippen molar-refractivity contribution < 1.29 is 9.90 Å². The van der Waals surface area contributed by atoms with Gasteiger partial charge in [-0.1, -0.05) is 42.5 Å². The number of H-pyrrole nitrogens is 1. The van der Waals surface area contributed by atoms with E-state index < -0.39 is 11.5 Å². The Hall–Kier alpha value is -4.45. The second-order valence-electron chi connectivity index (χ2n) is 7.68. The fourth-order valence-electron chi connectivity index (χ4n) is 3.76. The summed E-state index contributed by atoms with van der Waals surface area (Å²) in [5.74, 6) is -0.849. The van der Waals surface area contributed by atoms with E-state index in [0.29, 0.717) is 31.5 Å². The predicted molar refractivity (Wildman–Crippen MR) is 125 cm³/mol. The van der Waals surface area contributed by atoms with E-state index in [4.69, 9.17) is 5.11 Å². The number of hydrazone groups is 1. The Morgan fingerprint density at radius 1 is 1.18 bits per heavy atom. The van der Waals surface area contributed by atoms with Crippen molar-refractivity contribution in [2.75, 3.05) is 23.4 Å². The summed E-state index contributed by atoms with van der Waals surface area (Å²) in [6, 6.07) is 18.7. The number of nitrogens with zero attached hydrogens (tertiary/aromatic N) is 4. The van der Waals surface area contributed by atoms with Crippen LogP contribution in [0.15, 0.2) is 64.5 Å². The maximum atomic E-state index is 12.3. The molecule has 1 aliphatic rings. The van der Waals surface area contributed by atoms with Crippen LogP contribution < -0.4 is 15.9 Å². The van der Waals surface area contributed by atoms with Crippen molar-refractivity contribution in [2.45, 2.75) is 12.8 Å². The molecule has 1 aromatic heterocycles. The minimum Gasteiger partial charge on any atom is -0.481 e. The average Bonchev–Trinajstić information content (AvgIpc) is 2.85. The van der Waals surface area contributed by atoms with E-state index in [9.17, 15) is 14.9 Å². The van der Waals surface area contributed by atoms with Crippen LogP contribution in [0.2, 0.25) is 0 Å². The SMILES string of the molecule is N#Cc1c(-c2ccccc2)nc(NN=Cc2ccc(N3CCC(C(=O)O)CC3)cc2)[nH]c1=O. The molecule has 0 aliphatic carbocycles. The van der Waals surface area contributed by atoms with Gasteiger partial charge in [-0.05, 0) is 30.5 Å². The van der Waals surface area contributed by atoms with Gasteiger partial charge in [-0.25, -0.2) is 10.4 Å². The zero-order chi connectivity index (χ0) is 23.2. The van der Waals surface area contributed by atoms with Gasteiger partial charge in [0.15, 0.2) is 0 Å². The molecular formula is C24H22N6O3. The van der Waals surface area contributed by atoms with Crippen LogP contribution in [-0.2, 0) is 4.79 Å². The summed E-state index contributed by atoms with van der Waals surface area (Å²) in [5.41, 5.74) is 4.94. The molecule has 3 aromatic rings. The summed E-state index contributed by atoms with van der Waals surface area (Å²) >= 11 is 0. The Morgan fingerprint density at radius 2 is 1.88 bits per heavy atom. The summed E-state index contributed by atoms with van der Waals surface area (Å²) < 4.78 is 0. The maximum absolute atomic E-state index is 12.3. The first kappa shape index (κ1) is 21.8. The number of hydrogen-bond acceptors (Lipinski definition) is 7. The molecule has 3 N–H and O–H groups in total. The zero-order valence-electron chi connectivity index (χ0n) is 17.7. The quantitative estimate of drug-likeness (QED) is 0.394. The van der Waals surface area contributed by atoms with E-state index in [1.807, 2.05) is 48.5 Å². The number of aromatic amines is 1. The number of rotatable bonds is 6. The second kappa shape index (κ2) is 9.78.